The van der Waals surface area contributed by atoms with Gasteiger partial charge in [0.2, 0.25) is 0 Å². The van der Waals surface area contributed by atoms with E-state index in [2.05, 4.69) is 15.5 Å². The van der Waals surface area contributed by atoms with Gasteiger partial charge in [-0.3, -0.25) is 9.69 Å². The molecule has 1 unspecified atom stereocenters. The fraction of sp³-hybridized carbons (Fsp3) is 0.500. The second kappa shape index (κ2) is 11.4. The van der Waals surface area contributed by atoms with Crippen LogP contribution in [-0.2, 0) is 9.53 Å². The summed E-state index contributed by atoms with van der Waals surface area (Å²) in [6, 6.07) is 9.48. The van der Waals surface area contributed by atoms with Crippen molar-refractivity contribution >= 4 is 17.2 Å². The van der Waals surface area contributed by atoms with Crippen molar-refractivity contribution in [1.29, 1.82) is 5.26 Å². The number of nitrogens with one attached hydrogen (secondary N) is 2. The third kappa shape index (κ3) is 6.62. The Bertz CT molecular complexity index is 706. The zero-order chi connectivity index (χ0) is 20.4. The lowest BCUT2D eigenvalue weighted by molar-refractivity contribution is -0.117. The zero-order valence-corrected chi connectivity index (χ0v) is 16.1. The third-order valence-corrected chi connectivity index (χ3v) is 4.60. The lowest BCUT2D eigenvalue weighted by atomic mass is 10.0. The summed E-state index contributed by atoms with van der Waals surface area (Å²) < 4.78 is 5.34. The molecule has 0 aliphatic carbocycles. The van der Waals surface area contributed by atoms with E-state index >= 15 is 0 Å². The maximum Gasteiger partial charge on any atom is 0.262 e. The van der Waals surface area contributed by atoms with Gasteiger partial charge in [0.05, 0.1) is 25.9 Å². The Balaban J connectivity index is 1.92. The van der Waals surface area contributed by atoms with Crippen molar-refractivity contribution in [2.45, 2.75) is 13.0 Å². The van der Waals surface area contributed by atoms with Crippen LogP contribution in [0.15, 0.2) is 29.8 Å². The number of hydrogen-bond donors (Lipinski definition) is 4. The number of amides is 1. The van der Waals surface area contributed by atoms with Gasteiger partial charge in [0.1, 0.15) is 11.6 Å². The maximum absolute atomic E-state index is 12.2. The summed E-state index contributed by atoms with van der Waals surface area (Å²) in [6.07, 6.45) is -1.05. The summed E-state index contributed by atoms with van der Waals surface area (Å²) in [7, 11) is 0. The Morgan fingerprint density at radius 3 is 2.61 bits per heavy atom. The molecule has 1 aromatic carbocycles. The highest BCUT2D eigenvalue weighted by molar-refractivity contribution is 6.04. The van der Waals surface area contributed by atoms with Crippen LogP contribution in [0.25, 0.3) is 5.57 Å². The molecule has 4 N–H and O–H groups in total. The van der Waals surface area contributed by atoms with Crippen LogP contribution in [0.4, 0.5) is 5.69 Å². The van der Waals surface area contributed by atoms with Gasteiger partial charge in [0.25, 0.3) is 5.91 Å². The number of aliphatic hydroxyl groups is 2. The average Bonchev–Trinajstić information content (AvgIpc) is 2.73. The highest BCUT2D eigenvalue weighted by Gasteiger charge is 2.15. The first-order valence-electron chi connectivity index (χ1n) is 9.37. The minimum atomic E-state index is -1.05. The van der Waals surface area contributed by atoms with E-state index in [4.69, 9.17) is 9.84 Å². The predicted octanol–water partition coefficient (Wildman–Crippen LogP) is 0.197. The molecular weight excluding hydrogens is 360 g/mol. The van der Waals surface area contributed by atoms with Gasteiger partial charge in [-0.05, 0) is 30.2 Å². The van der Waals surface area contributed by atoms with E-state index in [1.54, 1.807) is 6.92 Å². The molecule has 1 heterocycles. The lowest BCUT2D eigenvalue weighted by Gasteiger charge is -2.26. The van der Waals surface area contributed by atoms with Crippen LogP contribution in [0.3, 0.4) is 0 Å². The molecule has 0 spiro atoms. The van der Waals surface area contributed by atoms with Crippen LogP contribution in [0.1, 0.15) is 12.5 Å². The first-order chi connectivity index (χ1) is 13.5. The maximum atomic E-state index is 12.2. The van der Waals surface area contributed by atoms with Gasteiger partial charge in [0, 0.05) is 38.4 Å². The largest absolute Gasteiger partial charge is 0.394 e. The smallest absolute Gasteiger partial charge is 0.262 e. The fourth-order valence-electron chi connectivity index (χ4n) is 2.83. The first-order valence-corrected chi connectivity index (χ1v) is 9.37. The van der Waals surface area contributed by atoms with Crippen LogP contribution in [0, 0.1) is 11.3 Å². The van der Waals surface area contributed by atoms with Gasteiger partial charge in [-0.1, -0.05) is 12.1 Å². The Kier molecular flexibility index (Phi) is 8.91. The normalized spacial score (nSPS) is 16.6. The highest BCUT2D eigenvalue weighted by Crippen LogP contribution is 2.20. The molecule has 1 aliphatic rings. The number of nitriles is 1. The molecule has 1 amide bonds. The summed E-state index contributed by atoms with van der Waals surface area (Å²) in [4.78, 5) is 14.5. The molecule has 1 fully saturated rings. The molecule has 28 heavy (non-hydrogen) atoms. The average molecular weight is 388 g/mol. The Labute approximate surface area is 165 Å². The van der Waals surface area contributed by atoms with Crippen molar-refractivity contribution in [3.8, 4) is 6.07 Å². The number of benzene rings is 1. The Morgan fingerprint density at radius 2 is 2.00 bits per heavy atom. The number of carbonyl (C=O) groups excluding carboxylic acids is 1. The van der Waals surface area contributed by atoms with E-state index in [1.165, 1.54) is 0 Å². The van der Waals surface area contributed by atoms with Gasteiger partial charge in [-0.25, -0.2) is 0 Å². The SMILES string of the molecule is C/C(=C(/C#N)C(=O)NCC(O)CO)c1ccc(NCCN2CCOCC2)cc1. The van der Waals surface area contributed by atoms with Gasteiger partial charge in [-0.2, -0.15) is 5.26 Å². The fourth-order valence-corrected chi connectivity index (χ4v) is 2.83. The summed E-state index contributed by atoms with van der Waals surface area (Å²) in [5.41, 5.74) is 2.28. The molecule has 1 saturated heterocycles. The van der Waals surface area contributed by atoms with Crippen molar-refractivity contribution < 1.29 is 19.7 Å². The Hall–Kier alpha value is -2.44. The lowest BCUT2D eigenvalue weighted by Crippen LogP contribution is -2.38. The molecule has 2 rings (SSSR count). The van der Waals surface area contributed by atoms with Gasteiger partial charge >= 0.3 is 0 Å². The summed E-state index contributed by atoms with van der Waals surface area (Å²) in [5, 5.41) is 33.3. The third-order valence-electron chi connectivity index (χ3n) is 4.60. The minimum Gasteiger partial charge on any atom is -0.394 e. The van der Waals surface area contributed by atoms with E-state index in [-0.39, 0.29) is 12.1 Å². The standard InChI is InChI=1S/C20H28N4O4/c1-15(19(12-21)20(27)23-13-18(26)14-25)16-2-4-17(5-3-16)22-6-7-24-8-10-28-11-9-24/h2-5,18,22,25-26H,6-11,13-14H2,1H3,(H,23,27)/b19-15+. The second-order valence-electron chi connectivity index (χ2n) is 6.62. The van der Waals surface area contributed by atoms with E-state index < -0.39 is 18.6 Å². The molecule has 1 atom stereocenters. The number of aliphatic hydroxyl groups excluding tert-OH is 2. The quantitative estimate of drug-likeness (QED) is 0.352. The molecule has 8 heteroatoms. The highest BCUT2D eigenvalue weighted by atomic mass is 16.5. The second-order valence-corrected chi connectivity index (χ2v) is 6.62. The van der Waals surface area contributed by atoms with Gasteiger partial charge in [0.15, 0.2) is 0 Å². The van der Waals surface area contributed by atoms with Crippen LogP contribution in [0.5, 0.6) is 0 Å². The number of allylic oxidation sites excluding steroid dienone is 1. The monoisotopic (exact) mass is 388 g/mol. The number of morpholine rings is 1. The summed E-state index contributed by atoms with van der Waals surface area (Å²) >= 11 is 0. The van der Waals surface area contributed by atoms with Crippen molar-refractivity contribution in [2.24, 2.45) is 0 Å². The van der Waals surface area contributed by atoms with Gasteiger partial charge in [-0.15, -0.1) is 0 Å². The summed E-state index contributed by atoms with van der Waals surface area (Å²) in [6.45, 7) is 6.40. The number of ether oxygens (including phenoxy) is 1. The van der Waals surface area contributed by atoms with E-state index in [1.807, 2.05) is 30.3 Å². The van der Waals surface area contributed by atoms with E-state index in [0.29, 0.717) is 5.57 Å². The topological polar surface area (TPSA) is 118 Å². The number of hydrogen-bond acceptors (Lipinski definition) is 7. The molecule has 0 bridgehead atoms. The van der Waals surface area contributed by atoms with Crippen molar-refractivity contribution in [2.75, 3.05) is 57.9 Å². The zero-order valence-electron chi connectivity index (χ0n) is 16.1. The number of rotatable bonds is 9. The summed E-state index contributed by atoms with van der Waals surface area (Å²) in [5.74, 6) is -0.569. The Morgan fingerprint density at radius 1 is 1.32 bits per heavy atom. The molecule has 1 aliphatic heterocycles. The molecule has 1 aromatic rings. The molecule has 0 aromatic heterocycles. The van der Waals surface area contributed by atoms with E-state index in [9.17, 15) is 15.2 Å². The number of carbonyl (C=O) groups is 1. The molecule has 152 valence electrons. The molecular formula is C20H28N4O4. The van der Waals surface area contributed by atoms with Crippen LogP contribution in [-0.4, -0.2) is 79.7 Å². The van der Waals surface area contributed by atoms with Crippen LogP contribution < -0.4 is 10.6 Å². The van der Waals surface area contributed by atoms with Crippen molar-refractivity contribution in [1.82, 2.24) is 10.2 Å². The van der Waals surface area contributed by atoms with E-state index in [0.717, 1.165) is 50.6 Å². The predicted molar refractivity (Wildman–Crippen MR) is 107 cm³/mol. The van der Waals surface area contributed by atoms with Crippen LogP contribution >= 0.6 is 0 Å². The molecule has 0 radical (unpaired) electrons. The van der Waals surface area contributed by atoms with Crippen molar-refractivity contribution in [3.63, 3.8) is 0 Å². The minimum absolute atomic E-state index is 0.0156. The van der Waals surface area contributed by atoms with Crippen LogP contribution in [0.2, 0.25) is 0 Å². The number of anilines is 1. The van der Waals surface area contributed by atoms with Gasteiger partial charge < -0.3 is 25.6 Å². The molecule has 8 nitrogen and oxygen atoms in total. The molecule has 0 saturated carbocycles. The first kappa shape index (κ1) is 21.9. The number of nitrogens with zero attached hydrogens (tertiary/aromatic N) is 2. The van der Waals surface area contributed by atoms with Crippen molar-refractivity contribution in [3.05, 3.63) is 35.4 Å².